The minimum atomic E-state index is 0.179. The lowest BCUT2D eigenvalue weighted by Gasteiger charge is -2.23. The van der Waals surface area contributed by atoms with E-state index in [1.165, 1.54) is 22.3 Å². The summed E-state index contributed by atoms with van der Waals surface area (Å²) in [4.78, 5) is 2.35. The van der Waals surface area contributed by atoms with E-state index in [-0.39, 0.29) is 11.7 Å². The number of hydrogen-bond donors (Lipinski definition) is 1. The highest BCUT2D eigenvalue weighted by atomic mass is 35.5. The van der Waals surface area contributed by atoms with Gasteiger partial charge >= 0.3 is 0 Å². The van der Waals surface area contributed by atoms with Crippen molar-refractivity contribution in [2.24, 2.45) is 0 Å². The first-order valence-electron chi connectivity index (χ1n) is 7.31. The van der Waals surface area contributed by atoms with Crippen molar-refractivity contribution in [3.8, 4) is 5.75 Å². The van der Waals surface area contributed by atoms with Gasteiger partial charge in [-0.25, -0.2) is 0 Å². The standard InChI is InChI=1S/C18H20ClNO/c1-12-5-3-4-6-14(12)16-11-20(2)8-7-13-9-17(19)18(21)10-15(13)16/h3-6,9-10,16,21H,7-8,11H2,1-2H3/t16-/m1/s1. The lowest BCUT2D eigenvalue weighted by molar-refractivity contribution is 0.337. The Morgan fingerprint density at radius 3 is 2.71 bits per heavy atom. The van der Waals surface area contributed by atoms with Crippen molar-refractivity contribution in [2.75, 3.05) is 20.1 Å². The summed E-state index contributed by atoms with van der Waals surface area (Å²) in [6, 6.07) is 12.3. The Morgan fingerprint density at radius 2 is 1.95 bits per heavy atom. The summed E-state index contributed by atoms with van der Waals surface area (Å²) in [5.74, 6) is 0.454. The molecule has 2 aromatic rings. The van der Waals surface area contributed by atoms with Crippen LogP contribution in [0.15, 0.2) is 36.4 Å². The van der Waals surface area contributed by atoms with Crippen LogP contribution in [0, 0.1) is 6.92 Å². The molecule has 3 rings (SSSR count). The number of phenolic OH excluding ortho intramolecular Hbond substituents is 1. The third kappa shape index (κ3) is 2.78. The molecule has 1 aliphatic heterocycles. The van der Waals surface area contributed by atoms with Crippen molar-refractivity contribution in [2.45, 2.75) is 19.3 Å². The van der Waals surface area contributed by atoms with Crippen molar-refractivity contribution in [1.29, 1.82) is 0 Å². The van der Waals surface area contributed by atoms with E-state index in [9.17, 15) is 5.11 Å². The predicted molar refractivity (Wildman–Crippen MR) is 87.3 cm³/mol. The molecule has 1 heterocycles. The Balaban J connectivity index is 2.16. The van der Waals surface area contributed by atoms with Crippen LogP contribution < -0.4 is 0 Å². The third-order valence-corrected chi connectivity index (χ3v) is 4.71. The maximum atomic E-state index is 10.0. The van der Waals surface area contributed by atoms with Crippen LogP contribution in [0.25, 0.3) is 0 Å². The first-order chi connectivity index (χ1) is 10.1. The van der Waals surface area contributed by atoms with Crippen LogP contribution in [0.3, 0.4) is 0 Å². The molecule has 0 bridgehead atoms. The van der Waals surface area contributed by atoms with Crippen LogP contribution in [-0.2, 0) is 6.42 Å². The number of benzene rings is 2. The molecular formula is C18H20ClNO. The number of aryl methyl sites for hydroxylation is 1. The molecule has 110 valence electrons. The van der Waals surface area contributed by atoms with Gasteiger partial charge in [0.15, 0.2) is 0 Å². The van der Waals surface area contributed by atoms with Crippen LogP contribution in [0.5, 0.6) is 5.75 Å². The monoisotopic (exact) mass is 301 g/mol. The first kappa shape index (κ1) is 14.4. The molecule has 0 aromatic heterocycles. The molecule has 0 radical (unpaired) electrons. The van der Waals surface area contributed by atoms with E-state index in [0.717, 1.165) is 19.5 Å². The fourth-order valence-corrected chi connectivity index (χ4v) is 3.40. The molecule has 0 aliphatic carbocycles. The molecule has 0 saturated carbocycles. The van der Waals surface area contributed by atoms with Crippen LogP contribution in [0.4, 0.5) is 0 Å². The highest BCUT2D eigenvalue weighted by Crippen LogP contribution is 2.37. The summed E-state index contributed by atoms with van der Waals surface area (Å²) in [5, 5.41) is 10.5. The van der Waals surface area contributed by atoms with Crippen LogP contribution >= 0.6 is 11.6 Å². The SMILES string of the molecule is Cc1ccccc1[C@H]1CN(C)CCc2cc(Cl)c(O)cc21. The minimum absolute atomic E-state index is 0.179. The molecule has 1 atom stereocenters. The zero-order valence-electron chi connectivity index (χ0n) is 12.4. The molecule has 3 heteroatoms. The largest absolute Gasteiger partial charge is 0.506 e. The summed E-state index contributed by atoms with van der Waals surface area (Å²) >= 11 is 6.10. The van der Waals surface area contributed by atoms with Gasteiger partial charge in [-0.2, -0.15) is 0 Å². The van der Waals surface area contributed by atoms with Crippen molar-refractivity contribution in [3.63, 3.8) is 0 Å². The van der Waals surface area contributed by atoms with Crippen molar-refractivity contribution in [3.05, 3.63) is 63.7 Å². The summed E-state index contributed by atoms with van der Waals surface area (Å²) in [6.45, 7) is 4.12. The van der Waals surface area contributed by atoms with E-state index in [1.54, 1.807) is 0 Å². The number of hydrogen-bond acceptors (Lipinski definition) is 2. The molecule has 1 aliphatic rings. The van der Waals surface area contributed by atoms with Crippen LogP contribution in [0.1, 0.15) is 28.2 Å². The normalized spacial score (nSPS) is 19.1. The number of phenols is 1. The molecule has 21 heavy (non-hydrogen) atoms. The van der Waals surface area contributed by atoms with Gasteiger partial charge < -0.3 is 10.0 Å². The summed E-state index contributed by atoms with van der Waals surface area (Å²) < 4.78 is 0. The number of halogens is 1. The highest BCUT2D eigenvalue weighted by molar-refractivity contribution is 6.32. The number of rotatable bonds is 1. The maximum absolute atomic E-state index is 10.0. The van der Waals surface area contributed by atoms with Gasteiger partial charge in [0.05, 0.1) is 5.02 Å². The molecule has 0 unspecified atom stereocenters. The Bertz CT molecular complexity index is 668. The highest BCUT2D eigenvalue weighted by Gasteiger charge is 2.25. The second kappa shape index (κ2) is 5.70. The van der Waals surface area contributed by atoms with E-state index in [0.29, 0.717) is 5.02 Å². The van der Waals surface area contributed by atoms with Crippen LogP contribution in [0.2, 0.25) is 5.02 Å². The lowest BCUT2D eigenvalue weighted by atomic mass is 9.86. The number of nitrogens with zero attached hydrogens (tertiary/aromatic N) is 1. The molecule has 0 spiro atoms. The second-order valence-corrected chi connectivity index (χ2v) is 6.33. The van der Waals surface area contributed by atoms with Crippen molar-refractivity contribution >= 4 is 11.6 Å². The lowest BCUT2D eigenvalue weighted by Crippen LogP contribution is -2.24. The van der Waals surface area contributed by atoms with E-state index in [1.807, 2.05) is 12.1 Å². The average Bonchev–Trinajstić information content (AvgIpc) is 2.61. The van der Waals surface area contributed by atoms with Gasteiger partial charge in [0.2, 0.25) is 0 Å². The fourth-order valence-electron chi connectivity index (χ4n) is 3.22. The average molecular weight is 302 g/mol. The molecular weight excluding hydrogens is 282 g/mol. The number of likely N-dealkylation sites (N-methyl/N-ethyl adjacent to an activating group) is 1. The predicted octanol–water partition coefficient (Wildman–Crippen LogP) is 3.97. The molecule has 0 amide bonds. The van der Waals surface area contributed by atoms with Gasteiger partial charge in [0, 0.05) is 19.0 Å². The summed E-state index contributed by atoms with van der Waals surface area (Å²) in [7, 11) is 2.15. The zero-order chi connectivity index (χ0) is 15.0. The van der Waals surface area contributed by atoms with Gasteiger partial charge in [-0.15, -0.1) is 0 Å². The molecule has 1 N–H and O–H groups in total. The Morgan fingerprint density at radius 1 is 1.19 bits per heavy atom. The quantitative estimate of drug-likeness (QED) is 0.861. The van der Waals surface area contributed by atoms with E-state index in [2.05, 4.69) is 43.1 Å². The molecule has 0 fully saturated rings. The van der Waals surface area contributed by atoms with Gasteiger partial charge in [-0.1, -0.05) is 35.9 Å². The smallest absolute Gasteiger partial charge is 0.134 e. The Hall–Kier alpha value is -1.51. The fraction of sp³-hybridized carbons (Fsp3) is 0.333. The topological polar surface area (TPSA) is 23.5 Å². The molecule has 2 aromatic carbocycles. The first-order valence-corrected chi connectivity index (χ1v) is 7.69. The third-order valence-electron chi connectivity index (χ3n) is 4.41. The zero-order valence-corrected chi connectivity index (χ0v) is 13.2. The second-order valence-electron chi connectivity index (χ2n) is 5.92. The van der Waals surface area contributed by atoms with Gasteiger partial charge in [-0.05, 0) is 54.8 Å². The van der Waals surface area contributed by atoms with Crippen LogP contribution in [-0.4, -0.2) is 30.1 Å². The maximum Gasteiger partial charge on any atom is 0.134 e. The summed E-state index contributed by atoms with van der Waals surface area (Å²) in [5.41, 5.74) is 5.07. The van der Waals surface area contributed by atoms with E-state index >= 15 is 0 Å². The van der Waals surface area contributed by atoms with Crippen molar-refractivity contribution in [1.82, 2.24) is 4.90 Å². The van der Waals surface area contributed by atoms with E-state index in [4.69, 9.17) is 11.6 Å². The van der Waals surface area contributed by atoms with Gasteiger partial charge in [0.1, 0.15) is 5.75 Å². The number of aromatic hydroxyl groups is 1. The van der Waals surface area contributed by atoms with Crippen molar-refractivity contribution < 1.29 is 5.11 Å². The Labute approximate surface area is 131 Å². The minimum Gasteiger partial charge on any atom is -0.506 e. The van der Waals surface area contributed by atoms with Gasteiger partial charge in [-0.3, -0.25) is 0 Å². The Kier molecular flexibility index (Phi) is 3.92. The van der Waals surface area contributed by atoms with Gasteiger partial charge in [0.25, 0.3) is 0 Å². The summed E-state index contributed by atoms with van der Waals surface area (Å²) in [6.07, 6.45) is 0.966. The molecule has 0 saturated heterocycles. The van der Waals surface area contributed by atoms with E-state index < -0.39 is 0 Å². The number of fused-ring (bicyclic) bond motifs is 1. The molecule has 2 nitrogen and oxygen atoms in total.